The third kappa shape index (κ3) is 2.70. The van der Waals surface area contributed by atoms with E-state index in [9.17, 15) is 9.59 Å². The van der Waals surface area contributed by atoms with Crippen LogP contribution in [0.2, 0.25) is 0 Å². The summed E-state index contributed by atoms with van der Waals surface area (Å²) in [5, 5.41) is 2.59. The average Bonchev–Trinajstić information content (AvgIpc) is 2.09. The number of nitrogens with zero attached hydrogens (tertiary/aromatic N) is 2. The van der Waals surface area contributed by atoms with Crippen molar-refractivity contribution in [3.8, 4) is 0 Å². The predicted octanol–water partition coefficient (Wildman–Crippen LogP) is -0.621. The number of likely N-dealkylation sites (N-methyl/N-ethyl adjacent to an activating group) is 1. The Balaban J connectivity index is 2.69. The van der Waals surface area contributed by atoms with Crippen molar-refractivity contribution < 1.29 is 4.79 Å². The lowest BCUT2D eigenvalue weighted by Gasteiger charge is -2.03. The summed E-state index contributed by atoms with van der Waals surface area (Å²) in [6.45, 7) is 2.41. The minimum Gasteiger partial charge on any atom is -0.355 e. The van der Waals surface area contributed by atoms with Crippen molar-refractivity contribution in [1.29, 1.82) is 0 Å². The van der Waals surface area contributed by atoms with E-state index in [-0.39, 0.29) is 12.5 Å². The molecule has 0 spiro atoms. The molecule has 0 unspecified atom stereocenters. The van der Waals surface area contributed by atoms with Crippen molar-refractivity contribution in [2.75, 3.05) is 6.54 Å². The van der Waals surface area contributed by atoms with E-state index in [0.29, 0.717) is 6.54 Å². The van der Waals surface area contributed by atoms with Gasteiger partial charge < -0.3 is 5.32 Å². The van der Waals surface area contributed by atoms with Crippen LogP contribution in [0.4, 0.5) is 0 Å². The van der Waals surface area contributed by atoms with E-state index in [1.54, 1.807) is 6.07 Å². The van der Waals surface area contributed by atoms with E-state index < -0.39 is 5.69 Å². The standard InChI is InChI=1S/C8H11N3O2/c1-2-9-7(12)6-11-5-3-4-10-8(11)13/h3-5H,2,6H2,1H3,(H,9,12). The van der Waals surface area contributed by atoms with Crippen LogP contribution in [0.5, 0.6) is 0 Å². The van der Waals surface area contributed by atoms with Gasteiger partial charge in [0.05, 0.1) is 0 Å². The van der Waals surface area contributed by atoms with Crippen molar-refractivity contribution >= 4 is 5.91 Å². The Morgan fingerprint density at radius 2 is 2.46 bits per heavy atom. The molecule has 1 amide bonds. The quantitative estimate of drug-likeness (QED) is 0.675. The fourth-order valence-electron chi connectivity index (χ4n) is 0.915. The molecular formula is C8H11N3O2. The van der Waals surface area contributed by atoms with Gasteiger partial charge >= 0.3 is 5.69 Å². The molecule has 13 heavy (non-hydrogen) atoms. The summed E-state index contributed by atoms with van der Waals surface area (Å²) >= 11 is 0. The third-order valence-electron chi connectivity index (χ3n) is 1.47. The molecule has 0 aliphatic rings. The van der Waals surface area contributed by atoms with Gasteiger partial charge in [0.15, 0.2) is 0 Å². The molecule has 0 bridgehead atoms. The van der Waals surface area contributed by atoms with Gasteiger partial charge in [-0.1, -0.05) is 0 Å². The number of hydrogen-bond acceptors (Lipinski definition) is 3. The number of aromatic nitrogens is 2. The van der Waals surface area contributed by atoms with E-state index in [4.69, 9.17) is 0 Å². The fraction of sp³-hybridized carbons (Fsp3) is 0.375. The topological polar surface area (TPSA) is 64.0 Å². The van der Waals surface area contributed by atoms with Gasteiger partial charge in [-0.05, 0) is 13.0 Å². The second kappa shape index (κ2) is 4.39. The molecule has 70 valence electrons. The smallest absolute Gasteiger partial charge is 0.347 e. The molecule has 0 aliphatic heterocycles. The van der Waals surface area contributed by atoms with Gasteiger partial charge in [-0.15, -0.1) is 0 Å². The van der Waals surface area contributed by atoms with Crippen LogP contribution in [0.15, 0.2) is 23.3 Å². The summed E-state index contributed by atoms with van der Waals surface area (Å²) < 4.78 is 1.25. The Morgan fingerprint density at radius 3 is 3.08 bits per heavy atom. The largest absolute Gasteiger partial charge is 0.355 e. The summed E-state index contributed by atoms with van der Waals surface area (Å²) in [6.07, 6.45) is 2.93. The van der Waals surface area contributed by atoms with Gasteiger partial charge in [-0.25, -0.2) is 9.78 Å². The highest BCUT2D eigenvalue weighted by atomic mass is 16.2. The lowest BCUT2D eigenvalue weighted by Crippen LogP contribution is -2.32. The zero-order valence-corrected chi connectivity index (χ0v) is 7.36. The van der Waals surface area contributed by atoms with Crippen LogP contribution in [0, 0.1) is 0 Å². The summed E-state index contributed by atoms with van der Waals surface area (Å²) in [6, 6.07) is 1.61. The highest BCUT2D eigenvalue weighted by molar-refractivity contribution is 5.75. The monoisotopic (exact) mass is 181 g/mol. The molecule has 0 radical (unpaired) electrons. The van der Waals surface area contributed by atoms with Gasteiger partial charge in [0.25, 0.3) is 0 Å². The van der Waals surface area contributed by atoms with Crippen molar-refractivity contribution in [1.82, 2.24) is 14.9 Å². The first-order valence-corrected chi connectivity index (χ1v) is 4.02. The molecule has 0 saturated carbocycles. The molecule has 0 aliphatic carbocycles. The first-order valence-electron chi connectivity index (χ1n) is 4.02. The van der Waals surface area contributed by atoms with Crippen LogP contribution in [0.25, 0.3) is 0 Å². The van der Waals surface area contributed by atoms with Crippen molar-refractivity contribution in [3.05, 3.63) is 28.9 Å². The number of amides is 1. The van der Waals surface area contributed by atoms with Crippen LogP contribution in [0.1, 0.15) is 6.92 Å². The number of hydrogen-bond donors (Lipinski definition) is 1. The van der Waals surface area contributed by atoms with E-state index in [2.05, 4.69) is 10.3 Å². The highest BCUT2D eigenvalue weighted by Gasteiger charge is 2.01. The zero-order valence-electron chi connectivity index (χ0n) is 7.36. The van der Waals surface area contributed by atoms with Crippen LogP contribution >= 0.6 is 0 Å². The molecule has 0 atom stereocenters. The van der Waals surface area contributed by atoms with Crippen LogP contribution in [-0.4, -0.2) is 22.0 Å². The number of nitrogens with one attached hydrogen (secondary N) is 1. The molecule has 0 fully saturated rings. The van der Waals surface area contributed by atoms with Gasteiger partial charge in [-0.3, -0.25) is 9.36 Å². The summed E-state index contributed by atoms with van der Waals surface area (Å²) in [7, 11) is 0. The lowest BCUT2D eigenvalue weighted by molar-refractivity contribution is -0.121. The number of carbonyl (C=O) groups excluding carboxylic acids is 1. The van der Waals surface area contributed by atoms with Gasteiger partial charge in [0.1, 0.15) is 6.54 Å². The van der Waals surface area contributed by atoms with Crippen LogP contribution in [-0.2, 0) is 11.3 Å². The van der Waals surface area contributed by atoms with E-state index in [0.717, 1.165) is 0 Å². The Bertz CT molecular complexity index is 345. The minimum absolute atomic E-state index is 0.0283. The zero-order chi connectivity index (χ0) is 9.68. The molecule has 5 nitrogen and oxygen atoms in total. The van der Waals surface area contributed by atoms with Crippen molar-refractivity contribution in [2.45, 2.75) is 13.5 Å². The fourth-order valence-corrected chi connectivity index (χ4v) is 0.915. The predicted molar refractivity (Wildman–Crippen MR) is 47.2 cm³/mol. The maximum atomic E-state index is 11.1. The molecule has 1 rings (SSSR count). The highest BCUT2D eigenvalue weighted by Crippen LogP contribution is 1.79. The minimum atomic E-state index is -0.409. The second-order valence-corrected chi connectivity index (χ2v) is 2.48. The Morgan fingerprint density at radius 1 is 1.69 bits per heavy atom. The second-order valence-electron chi connectivity index (χ2n) is 2.48. The summed E-state index contributed by atoms with van der Waals surface area (Å²) in [5.74, 6) is -0.183. The van der Waals surface area contributed by atoms with Crippen molar-refractivity contribution in [2.24, 2.45) is 0 Å². The van der Waals surface area contributed by atoms with Crippen molar-refractivity contribution in [3.63, 3.8) is 0 Å². The SMILES string of the molecule is CCNC(=O)Cn1cccnc1=O. The van der Waals surface area contributed by atoms with Gasteiger partial charge in [0.2, 0.25) is 5.91 Å². The summed E-state index contributed by atoms with van der Waals surface area (Å²) in [5.41, 5.74) is -0.409. The summed E-state index contributed by atoms with van der Waals surface area (Å²) in [4.78, 5) is 25.6. The van der Waals surface area contributed by atoms with E-state index in [1.165, 1.54) is 17.0 Å². The molecule has 1 aromatic heterocycles. The Kier molecular flexibility index (Phi) is 3.19. The molecular weight excluding hydrogens is 170 g/mol. The number of carbonyl (C=O) groups is 1. The van der Waals surface area contributed by atoms with Gasteiger partial charge in [0, 0.05) is 18.9 Å². The molecule has 0 saturated heterocycles. The lowest BCUT2D eigenvalue weighted by atomic mass is 10.5. The normalized spacial score (nSPS) is 9.62. The van der Waals surface area contributed by atoms with Gasteiger partial charge in [-0.2, -0.15) is 0 Å². The van der Waals surface area contributed by atoms with E-state index in [1.807, 2.05) is 6.92 Å². The maximum absolute atomic E-state index is 11.1. The molecule has 5 heteroatoms. The third-order valence-corrected chi connectivity index (χ3v) is 1.47. The molecule has 1 N–H and O–H groups in total. The average molecular weight is 181 g/mol. The van der Waals surface area contributed by atoms with Crippen LogP contribution < -0.4 is 11.0 Å². The molecule has 0 aromatic carbocycles. The molecule has 1 aromatic rings. The van der Waals surface area contributed by atoms with Crippen LogP contribution in [0.3, 0.4) is 0 Å². The Labute approximate surface area is 75.4 Å². The molecule has 1 heterocycles. The number of rotatable bonds is 3. The first kappa shape index (κ1) is 9.44. The Hall–Kier alpha value is -1.65. The first-order chi connectivity index (χ1) is 6.24. The maximum Gasteiger partial charge on any atom is 0.347 e. The van der Waals surface area contributed by atoms with E-state index >= 15 is 0 Å².